The molecule has 0 spiro atoms. The molecule has 0 bridgehead atoms. The highest BCUT2D eigenvalue weighted by atomic mass is 16.3. The van der Waals surface area contributed by atoms with E-state index in [-0.39, 0.29) is 6.61 Å². The summed E-state index contributed by atoms with van der Waals surface area (Å²) in [4.78, 5) is 5.05. The molecule has 1 N–H and O–H groups in total. The number of rotatable bonds is 7. The molecule has 2 heterocycles. The van der Waals surface area contributed by atoms with E-state index >= 15 is 0 Å². The number of benzene rings is 1. The van der Waals surface area contributed by atoms with E-state index < -0.39 is 0 Å². The van der Waals surface area contributed by atoms with Crippen LogP contribution in [0.15, 0.2) is 30.5 Å². The number of nitrogens with zero attached hydrogens (tertiary/aromatic N) is 4. The molecule has 0 amide bonds. The van der Waals surface area contributed by atoms with Gasteiger partial charge in [-0.2, -0.15) is 5.10 Å². The summed E-state index contributed by atoms with van der Waals surface area (Å²) in [6, 6.07) is 9.02. The third-order valence-electron chi connectivity index (χ3n) is 5.68. The summed E-state index contributed by atoms with van der Waals surface area (Å²) in [7, 11) is 0. The van der Waals surface area contributed by atoms with E-state index in [2.05, 4.69) is 64.6 Å². The Balaban J connectivity index is 1.65. The van der Waals surface area contributed by atoms with E-state index in [9.17, 15) is 5.11 Å². The van der Waals surface area contributed by atoms with Crippen LogP contribution >= 0.6 is 0 Å². The molecular weight excluding hydrogens is 324 g/mol. The highest BCUT2D eigenvalue weighted by molar-refractivity contribution is 5.25. The van der Waals surface area contributed by atoms with Crippen LogP contribution in [0.5, 0.6) is 0 Å². The van der Waals surface area contributed by atoms with Crippen LogP contribution in [0.1, 0.15) is 35.7 Å². The van der Waals surface area contributed by atoms with Gasteiger partial charge in [0.1, 0.15) is 0 Å². The van der Waals surface area contributed by atoms with Crippen molar-refractivity contribution < 1.29 is 5.11 Å². The first-order chi connectivity index (χ1) is 12.6. The number of piperazine rings is 1. The predicted octanol–water partition coefficient (Wildman–Crippen LogP) is 2.59. The second-order valence-electron chi connectivity index (χ2n) is 7.37. The van der Waals surface area contributed by atoms with Crippen molar-refractivity contribution in [2.75, 3.05) is 26.2 Å². The van der Waals surface area contributed by atoms with Crippen molar-refractivity contribution in [3.05, 3.63) is 52.8 Å². The van der Waals surface area contributed by atoms with E-state index in [0.717, 1.165) is 45.7 Å². The minimum Gasteiger partial charge on any atom is -0.396 e. The van der Waals surface area contributed by atoms with Crippen LogP contribution < -0.4 is 0 Å². The molecule has 1 fully saturated rings. The van der Waals surface area contributed by atoms with Crippen molar-refractivity contribution in [2.24, 2.45) is 0 Å². The van der Waals surface area contributed by atoms with Gasteiger partial charge in [0.05, 0.1) is 6.20 Å². The van der Waals surface area contributed by atoms with E-state index in [1.165, 1.54) is 22.4 Å². The van der Waals surface area contributed by atoms with E-state index in [4.69, 9.17) is 0 Å². The molecule has 1 atom stereocenters. The van der Waals surface area contributed by atoms with Gasteiger partial charge in [0.2, 0.25) is 0 Å². The number of aryl methyl sites for hydroxylation is 2. The van der Waals surface area contributed by atoms with Gasteiger partial charge in [-0.3, -0.25) is 14.5 Å². The van der Waals surface area contributed by atoms with Crippen LogP contribution in [0.2, 0.25) is 0 Å². The highest BCUT2D eigenvalue weighted by Crippen LogP contribution is 2.20. The summed E-state index contributed by atoms with van der Waals surface area (Å²) in [5.41, 5.74) is 5.33. The molecule has 26 heavy (non-hydrogen) atoms. The van der Waals surface area contributed by atoms with Gasteiger partial charge in [-0.15, -0.1) is 0 Å². The Morgan fingerprint density at radius 2 is 1.92 bits per heavy atom. The third-order valence-corrected chi connectivity index (χ3v) is 5.68. The molecule has 1 saturated heterocycles. The van der Waals surface area contributed by atoms with Crippen LogP contribution in [-0.4, -0.2) is 57.0 Å². The number of aromatic nitrogens is 2. The molecular formula is C21H32N4O. The lowest BCUT2D eigenvalue weighted by Gasteiger charge is -2.41. The van der Waals surface area contributed by atoms with E-state index in [1.54, 1.807) is 0 Å². The Bertz CT molecular complexity index is 712. The molecule has 5 nitrogen and oxygen atoms in total. The second kappa shape index (κ2) is 8.80. The molecule has 0 saturated carbocycles. The average molecular weight is 357 g/mol. The Morgan fingerprint density at radius 3 is 2.62 bits per heavy atom. The summed E-state index contributed by atoms with van der Waals surface area (Å²) in [5.74, 6) is 0. The molecule has 1 aromatic heterocycles. The maximum atomic E-state index is 9.55. The van der Waals surface area contributed by atoms with Gasteiger partial charge < -0.3 is 5.11 Å². The quantitative estimate of drug-likeness (QED) is 0.828. The second-order valence-corrected chi connectivity index (χ2v) is 7.37. The molecule has 2 aromatic rings. The molecule has 1 aromatic carbocycles. The van der Waals surface area contributed by atoms with Crippen molar-refractivity contribution in [1.29, 1.82) is 0 Å². The minimum absolute atomic E-state index is 0.246. The maximum Gasteiger partial charge on any atom is 0.0537 e. The lowest BCUT2D eigenvalue weighted by atomic mass is 10.0. The van der Waals surface area contributed by atoms with Gasteiger partial charge in [-0.1, -0.05) is 24.3 Å². The van der Waals surface area contributed by atoms with Crippen molar-refractivity contribution >= 4 is 0 Å². The summed E-state index contributed by atoms with van der Waals surface area (Å²) in [6.07, 6.45) is 2.84. The van der Waals surface area contributed by atoms with Crippen LogP contribution in [0.3, 0.4) is 0 Å². The lowest BCUT2D eigenvalue weighted by Crippen LogP contribution is -2.52. The first-order valence-corrected chi connectivity index (χ1v) is 9.75. The Labute approximate surface area is 157 Å². The Kier molecular flexibility index (Phi) is 6.46. The van der Waals surface area contributed by atoms with Crippen LogP contribution in [0.25, 0.3) is 0 Å². The number of aliphatic hydroxyl groups is 1. The van der Waals surface area contributed by atoms with Crippen LogP contribution in [-0.2, 0) is 19.6 Å². The molecule has 1 aliphatic rings. The van der Waals surface area contributed by atoms with Gasteiger partial charge in [0.25, 0.3) is 0 Å². The van der Waals surface area contributed by atoms with Gasteiger partial charge in [-0.25, -0.2) is 0 Å². The van der Waals surface area contributed by atoms with Gasteiger partial charge in [0, 0.05) is 63.2 Å². The molecule has 0 radical (unpaired) electrons. The highest BCUT2D eigenvalue weighted by Gasteiger charge is 2.27. The fourth-order valence-electron chi connectivity index (χ4n) is 3.94. The van der Waals surface area contributed by atoms with Gasteiger partial charge in [-0.05, 0) is 38.3 Å². The van der Waals surface area contributed by atoms with Crippen molar-refractivity contribution in [2.45, 2.75) is 52.9 Å². The maximum absolute atomic E-state index is 9.55. The molecule has 142 valence electrons. The van der Waals surface area contributed by atoms with E-state index in [0.29, 0.717) is 6.04 Å². The lowest BCUT2D eigenvalue weighted by molar-refractivity contribution is 0.0497. The Morgan fingerprint density at radius 1 is 1.12 bits per heavy atom. The average Bonchev–Trinajstić information content (AvgIpc) is 2.99. The zero-order chi connectivity index (χ0) is 18.5. The normalized spacial score (nSPS) is 19.2. The first kappa shape index (κ1) is 19.1. The monoisotopic (exact) mass is 356 g/mol. The Hall–Kier alpha value is -1.69. The van der Waals surface area contributed by atoms with Crippen molar-refractivity contribution in [3.8, 4) is 0 Å². The predicted molar refractivity (Wildman–Crippen MR) is 105 cm³/mol. The van der Waals surface area contributed by atoms with E-state index in [1.807, 2.05) is 6.20 Å². The standard InChI is InChI=1S/C21H32N4O/c1-4-25-18(3)20(13-22-25)14-23-10-11-24(21(16-23)9-12-26)15-19-8-6-5-7-17(19)2/h5-8,13,21,26H,4,9-12,14-16H2,1-3H3. The fraction of sp³-hybridized carbons (Fsp3) is 0.571. The van der Waals surface area contributed by atoms with Crippen LogP contribution in [0, 0.1) is 13.8 Å². The zero-order valence-electron chi connectivity index (χ0n) is 16.4. The summed E-state index contributed by atoms with van der Waals surface area (Å²) >= 11 is 0. The molecule has 5 heteroatoms. The van der Waals surface area contributed by atoms with Crippen LogP contribution in [0.4, 0.5) is 0 Å². The SMILES string of the molecule is CCn1ncc(CN2CCN(Cc3ccccc3C)C(CCO)C2)c1C. The minimum atomic E-state index is 0.246. The molecule has 0 aliphatic carbocycles. The van der Waals surface area contributed by atoms with Crippen molar-refractivity contribution in [3.63, 3.8) is 0 Å². The van der Waals surface area contributed by atoms with Gasteiger partial charge >= 0.3 is 0 Å². The zero-order valence-corrected chi connectivity index (χ0v) is 16.4. The largest absolute Gasteiger partial charge is 0.396 e. The summed E-state index contributed by atoms with van der Waals surface area (Å²) in [6.45, 7) is 12.7. The first-order valence-electron chi connectivity index (χ1n) is 9.75. The van der Waals surface area contributed by atoms with Gasteiger partial charge in [0.15, 0.2) is 0 Å². The third kappa shape index (κ3) is 4.34. The smallest absolute Gasteiger partial charge is 0.0537 e. The fourth-order valence-corrected chi connectivity index (χ4v) is 3.94. The molecule has 1 unspecified atom stereocenters. The van der Waals surface area contributed by atoms with Crippen molar-refractivity contribution in [1.82, 2.24) is 19.6 Å². The number of hydrogen-bond donors (Lipinski definition) is 1. The summed E-state index contributed by atoms with van der Waals surface area (Å²) < 4.78 is 2.06. The number of hydrogen-bond acceptors (Lipinski definition) is 4. The molecule has 1 aliphatic heterocycles. The number of aliphatic hydroxyl groups excluding tert-OH is 1. The molecule has 3 rings (SSSR count). The topological polar surface area (TPSA) is 44.5 Å². The summed E-state index contributed by atoms with van der Waals surface area (Å²) in [5, 5.41) is 14.0.